The first kappa shape index (κ1) is 47.2. The first-order chi connectivity index (χ1) is 35.2. The molecule has 0 atom stereocenters. The summed E-state index contributed by atoms with van der Waals surface area (Å²) in [5, 5.41) is 2.71. The van der Waals surface area contributed by atoms with Crippen molar-refractivity contribution in [3.63, 3.8) is 0 Å². The van der Waals surface area contributed by atoms with Crippen molar-refractivity contribution in [2.75, 3.05) is 14.7 Å². The number of anilines is 9. The third-order valence-corrected chi connectivity index (χ3v) is 19.3. The van der Waals surface area contributed by atoms with Crippen molar-refractivity contribution in [3.05, 3.63) is 191 Å². The fourth-order valence-electron chi connectivity index (χ4n) is 13.8. The Hall–Kier alpha value is -6.56. The van der Waals surface area contributed by atoms with Gasteiger partial charge in [0.05, 0.1) is 10.4 Å². The van der Waals surface area contributed by atoms with Gasteiger partial charge in [0.25, 0.3) is 6.71 Å². The number of aryl methyl sites for hydroxylation is 1. The lowest BCUT2D eigenvalue weighted by Gasteiger charge is -2.48. The quantitative estimate of drug-likeness (QED) is 0.159. The van der Waals surface area contributed by atoms with Crippen LogP contribution >= 0.6 is 11.3 Å². The lowest BCUT2D eigenvalue weighted by atomic mass is 9.33. The molecule has 0 amide bonds. The second-order valence-corrected chi connectivity index (χ2v) is 27.0. The van der Waals surface area contributed by atoms with Crippen LogP contribution in [0.2, 0.25) is 0 Å². The van der Waals surface area contributed by atoms with E-state index < -0.39 is 0 Å². The van der Waals surface area contributed by atoms with Gasteiger partial charge in [-0.3, -0.25) is 0 Å². The molecule has 0 unspecified atom stereocenters. The van der Waals surface area contributed by atoms with Gasteiger partial charge in [0, 0.05) is 61.0 Å². The van der Waals surface area contributed by atoms with Crippen LogP contribution in [-0.2, 0) is 27.1 Å². The molecule has 1 aromatic heterocycles. The van der Waals surface area contributed by atoms with Crippen LogP contribution in [0.3, 0.4) is 0 Å². The minimum Gasteiger partial charge on any atom is -0.311 e. The van der Waals surface area contributed by atoms with Gasteiger partial charge in [-0.15, -0.1) is 11.3 Å². The first-order valence-corrected chi connectivity index (χ1v) is 28.1. The molecule has 0 bridgehead atoms. The number of rotatable bonds is 5. The monoisotopic (exact) mass is 984 g/mol. The molecule has 74 heavy (non-hydrogen) atoms. The highest BCUT2D eigenvalue weighted by molar-refractivity contribution is 7.26. The standard InChI is InChI=1S/C69H70BN3S/c1-43-37-59-63-60(38-43)73(56-32-30-50(65(2,3)4)62-48-25-19-20-26-61(48)74-64(56)62)57-40-47(71(44-21-15-13-16-22-44)45-23-17-14-18-24-45)28-31-54(57)70(63)55-41-52-53(69(11,12)36-35-68(52,9)10)42-58(55)72(59)46-27-29-49-51(39-46)67(7,8)34-33-66(49,5)6/h13-32,37-42H,33-36H2,1-12H3. The Balaban J connectivity index is 1.16. The van der Waals surface area contributed by atoms with Gasteiger partial charge in [0.2, 0.25) is 0 Å². The van der Waals surface area contributed by atoms with E-state index in [9.17, 15) is 0 Å². The van der Waals surface area contributed by atoms with Crippen LogP contribution in [0.15, 0.2) is 158 Å². The molecular formula is C69H70BN3S. The van der Waals surface area contributed by atoms with Crippen molar-refractivity contribution in [2.24, 2.45) is 0 Å². The number of hydrogen-bond acceptors (Lipinski definition) is 4. The van der Waals surface area contributed by atoms with Crippen LogP contribution in [0.4, 0.5) is 51.2 Å². The Morgan fingerprint density at radius 2 is 1.03 bits per heavy atom. The van der Waals surface area contributed by atoms with Crippen molar-refractivity contribution < 1.29 is 0 Å². The minimum absolute atomic E-state index is 0.0139. The summed E-state index contributed by atoms with van der Waals surface area (Å²) in [6, 6.07) is 61.1. The molecular weight excluding hydrogens is 914 g/mol. The molecule has 4 aliphatic rings. The second-order valence-electron chi connectivity index (χ2n) is 26.0. The van der Waals surface area contributed by atoms with E-state index in [4.69, 9.17) is 0 Å². The molecule has 0 N–H and O–H groups in total. The van der Waals surface area contributed by atoms with E-state index in [0.29, 0.717) is 0 Å². The van der Waals surface area contributed by atoms with Gasteiger partial charge in [0.15, 0.2) is 0 Å². The molecule has 3 nitrogen and oxygen atoms in total. The summed E-state index contributed by atoms with van der Waals surface area (Å²) in [4.78, 5) is 7.83. The smallest absolute Gasteiger partial charge is 0.252 e. The lowest BCUT2D eigenvalue weighted by Crippen LogP contribution is -2.62. The maximum Gasteiger partial charge on any atom is 0.252 e. The van der Waals surface area contributed by atoms with Gasteiger partial charge in [0.1, 0.15) is 0 Å². The Kier molecular flexibility index (Phi) is 10.3. The number of nitrogens with zero attached hydrogens (tertiary/aromatic N) is 3. The Labute approximate surface area is 445 Å². The first-order valence-electron chi connectivity index (χ1n) is 27.3. The van der Waals surface area contributed by atoms with Gasteiger partial charge in [-0.05, 0) is 188 Å². The zero-order chi connectivity index (χ0) is 51.4. The van der Waals surface area contributed by atoms with Crippen LogP contribution in [0.25, 0.3) is 20.2 Å². The molecule has 8 aromatic carbocycles. The minimum atomic E-state index is -0.0581. The summed E-state index contributed by atoms with van der Waals surface area (Å²) in [6.45, 7) is 29.2. The van der Waals surface area contributed by atoms with E-state index in [1.54, 1.807) is 0 Å². The average Bonchev–Trinajstić information content (AvgIpc) is 3.76. The van der Waals surface area contributed by atoms with E-state index in [-0.39, 0.29) is 33.8 Å². The number of fused-ring (bicyclic) bond motifs is 9. The largest absolute Gasteiger partial charge is 0.311 e. The molecule has 0 spiro atoms. The zero-order valence-corrected chi connectivity index (χ0v) is 46.5. The number of thiophene rings is 1. The topological polar surface area (TPSA) is 9.72 Å². The van der Waals surface area contributed by atoms with E-state index in [2.05, 4.69) is 256 Å². The van der Waals surface area contributed by atoms with Crippen LogP contribution < -0.4 is 31.1 Å². The fraction of sp³-hybridized carbons (Fsp3) is 0.304. The summed E-state index contributed by atoms with van der Waals surface area (Å²) < 4.78 is 2.65. The average molecular weight is 984 g/mol. The summed E-state index contributed by atoms with van der Waals surface area (Å²) in [6.07, 6.45) is 4.69. The van der Waals surface area contributed by atoms with Crippen molar-refractivity contribution in [1.82, 2.24) is 0 Å². The normalized spacial score (nSPS) is 17.6. The fourth-order valence-corrected chi connectivity index (χ4v) is 15.0. The molecule has 9 aromatic rings. The predicted molar refractivity (Wildman–Crippen MR) is 322 cm³/mol. The van der Waals surface area contributed by atoms with Crippen LogP contribution in [-0.4, -0.2) is 6.71 Å². The number of hydrogen-bond donors (Lipinski definition) is 0. The highest BCUT2D eigenvalue weighted by Gasteiger charge is 2.48. The van der Waals surface area contributed by atoms with Crippen LogP contribution in [0, 0.1) is 6.92 Å². The van der Waals surface area contributed by atoms with Crippen LogP contribution in [0.5, 0.6) is 0 Å². The second kappa shape index (κ2) is 16.2. The van der Waals surface area contributed by atoms with Crippen molar-refractivity contribution in [2.45, 2.75) is 136 Å². The predicted octanol–water partition coefficient (Wildman–Crippen LogP) is 17.9. The van der Waals surface area contributed by atoms with Gasteiger partial charge in [-0.1, -0.05) is 155 Å². The molecule has 2 aliphatic carbocycles. The third kappa shape index (κ3) is 7.12. The van der Waals surface area contributed by atoms with E-state index in [0.717, 1.165) is 29.9 Å². The summed E-state index contributed by atoms with van der Waals surface area (Å²) >= 11 is 1.95. The molecule has 0 saturated heterocycles. The highest BCUT2D eigenvalue weighted by atomic mass is 32.1. The van der Waals surface area contributed by atoms with Crippen molar-refractivity contribution >= 4 is 106 Å². The molecule has 370 valence electrons. The van der Waals surface area contributed by atoms with Crippen LogP contribution in [0.1, 0.15) is 135 Å². The Morgan fingerprint density at radius 3 is 1.66 bits per heavy atom. The van der Waals surface area contributed by atoms with Crippen molar-refractivity contribution in [1.29, 1.82) is 0 Å². The van der Waals surface area contributed by atoms with Gasteiger partial charge in [-0.25, -0.2) is 0 Å². The summed E-state index contributed by atoms with van der Waals surface area (Å²) in [5.41, 5.74) is 23.9. The number of benzene rings is 8. The van der Waals surface area contributed by atoms with Gasteiger partial charge < -0.3 is 14.7 Å². The van der Waals surface area contributed by atoms with E-state index >= 15 is 0 Å². The zero-order valence-electron chi connectivity index (χ0n) is 45.7. The molecule has 3 heterocycles. The number of para-hydroxylation sites is 2. The molecule has 2 aliphatic heterocycles. The van der Waals surface area contributed by atoms with E-state index in [1.807, 2.05) is 11.3 Å². The molecule has 0 saturated carbocycles. The SMILES string of the molecule is Cc1cc2c3c(c1)N(c1ccc(C(C)(C)C)c4c1sc1ccccc14)c1cc(N(c4ccccc4)c4ccccc4)ccc1B3c1cc3c(cc1N2c1ccc2c(c1)C(C)(C)CCC2(C)C)C(C)(C)CCC3(C)C. The molecule has 0 fully saturated rings. The highest BCUT2D eigenvalue weighted by Crippen LogP contribution is 2.55. The lowest BCUT2D eigenvalue weighted by molar-refractivity contribution is 0.332. The third-order valence-electron chi connectivity index (χ3n) is 18.1. The van der Waals surface area contributed by atoms with E-state index in [1.165, 1.54) is 117 Å². The maximum absolute atomic E-state index is 2.70. The summed E-state index contributed by atoms with van der Waals surface area (Å²) in [5.74, 6) is 0. The van der Waals surface area contributed by atoms with Gasteiger partial charge in [-0.2, -0.15) is 0 Å². The maximum atomic E-state index is 2.70. The Bertz CT molecular complexity index is 3720. The van der Waals surface area contributed by atoms with Crippen molar-refractivity contribution in [3.8, 4) is 0 Å². The molecule has 13 rings (SSSR count). The molecule has 0 radical (unpaired) electrons. The Morgan fingerprint density at radius 1 is 0.473 bits per heavy atom. The van der Waals surface area contributed by atoms with Gasteiger partial charge >= 0.3 is 0 Å². The summed E-state index contributed by atoms with van der Waals surface area (Å²) in [7, 11) is 0. The molecule has 5 heteroatoms.